The van der Waals surface area contributed by atoms with Crippen molar-refractivity contribution in [2.45, 2.75) is 36.6 Å². The highest BCUT2D eigenvalue weighted by atomic mass is 32.2. The maximum Gasteiger partial charge on any atom is 0.302 e. The van der Waals surface area contributed by atoms with Crippen LogP contribution in [0, 0.1) is 13.8 Å². The molecule has 3 aromatic carbocycles. The van der Waals surface area contributed by atoms with Crippen LogP contribution in [0.25, 0.3) is 5.76 Å². The lowest BCUT2D eigenvalue weighted by Crippen LogP contribution is -2.29. The number of hydrogen-bond donors (Lipinski definition) is 1. The highest BCUT2D eigenvalue weighted by Crippen LogP contribution is 2.44. The van der Waals surface area contributed by atoms with Crippen LogP contribution in [0.5, 0.6) is 5.75 Å². The molecule has 8 nitrogen and oxygen atoms in total. The van der Waals surface area contributed by atoms with Crippen molar-refractivity contribution in [2.24, 2.45) is 0 Å². The van der Waals surface area contributed by atoms with Gasteiger partial charge in [0.1, 0.15) is 29.9 Å². The molecular weight excluding hydrogens is 583 g/mol. The first-order valence-corrected chi connectivity index (χ1v) is 15.3. The molecule has 5 aromatic rings. The van der Waals surface area contributed by atoms with E-state index in [1.54, 1.807) is 36.4 Å². The number of ether oxygens (including phenoxy) is 1. The first-order valence-electron chi connectivity index (χ1n) is 13.5. The van der Waals surface area contributed by atoms with Crippen LogP contribution in [0.2, 0.25) is 0 Å². The third-order valence-electron chi connectivity index (χ3n) is 6.96. The van der Waals surface area contributed by atoms with E-state index >= 15 is 0 Å². The van der Waals surface area contributed by atoms with Crippen molar-refractivity contribution < 1.29 is 23.8 Å². The van der Waals surface area contributed by atoms with Gasteiger partial charge in [0.15, 0.2) is 4.34 Å². The number of rotatable bonds is 9. The van der Waals surface area contributed by atoms with Gasteiger partial charge in [0.25, 0.3) is 5.78 Å². The fourth-order valence-electron chi connectivity index (χ4n) is 4.77. The van der Waals surface area contributed by atoms with Crippen molar-refractivity contribution >= 4 is 45.7 Å². The predicted molar refractivity (Wildman–Crippen MR) is 166 cm³/mol. The Kier molecular flexibility index (Phi) is 8.13. The van der Waals surface area contributed by atoms with Gasteiger partial charge in [-0.3, -0.25) is 14.5 Å². The van der Waals surface area contributed by atoms with Gasteiger partial charge in [-0.05, 0) is 61.4 Å². The normalized spacial score (nSPS) is 16.1. The van der Waals surface area contributed by atoms with Crippen LogP contribution in [0.15, 0.2) is 106 Å². The number of anilines is 1. The topological polar surface area (TPSA) is 106 Å². The molecule has 0 saturated carbocycles. The minimum absolute atomic E-state index is 0.0857. The van der Waals surface area contributed by atoms with Gasteiger partial charge < -0.3 is 14.3 Å². The minimum atomic E-state index is -1.00. The van der Waals surface area contributed by atoms with Crippen molar-refractivity contribution in [1.82, 2.24) is 10.2 Å². The van der Waals surface area contributed by atoms with Crippen molar-refractivity contribution in [3.05, 3.63) is 130 Å². The molecule has 10 heteroatoms. The largest absolute Gasteiger partial charge is 0.507 e. The van der Waals surface area contributed by atoms with Gasteiger partial charge in [0.05, 0.1) is 11.8 Å². The van der Waals surface area contributed by atoms with Gasteiger partial charge in [-0.1, -0.05) is 82.8 Å². The molecule has 0 aliphatic carbocycles. The molecule has 0 spiro atoms. The zero-order chi connectivity index (χ0) is 29.9. The van der Waals surface area contributed by atoms with E-state index in [4.69, 9.17) is 9.15 Å². The molecule has 1 unspecified atom stereocenters. The lowest BCUT2D eigenvalue weighted by atomic mass is 9.99. The Balaban J connectivity index is 1.25. The minimum Gasteiger partial charge on any atom is -0.507 e. The fourth-order valence-corrected chi connectivity index (χ4v) is 6.59. The Hall–Kier alpha value is -4.67. The number of carbonyl (C=O) groups excluding carboxylic acids is 2. The van der Waals surface area contributed by atoms with E-state index in [1.807, 2.05) is 32.0 Å². The summed E-state index contributed by atoms with van der Waals surface area (Å²) in [6, 6.07) is 25.3. The maximum atomic E-state index is 13.4. The number of Topliss-reactive ketones (excluding diaryl/α,β-unsaturated/α-hetero) is 1. The Morgan fingerprint density at radius 1 is 0.953 bits per heavy atom. The van der Waals surface area contributed by atoms with E-state index in [0.717, 1.165) is 16.7 Å². The standard InChI is InChI=1S/C33H27N3O5S2/c1-20-8-10-22(11-9-20)19-42-33-35-34-32(43-33)36-28(26-7-4-16-40-26)27(30(38)31(36)39)29(37)24-12-14-25(15-13-24)41-18-23-6-3-5-21(2)17-23/h3-17,28,37H,18-19H2,1-2H3. The summed E-state index contributed by atoms with van der Waals surface area (Å²) in [7, 11) is 0. The van der Waals surface area contributed by atoms with Gasteiger partial charge in [0.2, 0.25) is 5.13 Å². The Morgan fingerprint density at radius 2 is 1.74 bits per heavy atom. The van der Waals surface area contributed by atoms with Gasteiger partial charge in [0, 0.05) is 11.3 Å². The number of ketones is 1. The second-order valence-electron chi connectivity index (χ2n) is 10.1. The van der Waals surface area contributed by atoms with E-state index < -0.39 is 17.7 Å². The Bertz CT molecular complexity index is 1800. The van der Waals surface area contributed by atoms with Crippen molar-refractivity contribution in [3.8, 4) is 5.75 Å². The van der Waals surface area contributed by atoms with Crippen molar-refractivity contribution in [3.63, 3.8) is 0 Å². The number of carbonyl (C=O) groups is 2. The molecule has 43 heavy (non-hydrogen) atoms. The highest BCUT2D eigenvalue weighted by Gasteiger charge is 2.49. The molecule has 0 radical (unpaired) electrons. The number of benzene rings is 3. The molecule has 1 N–H and O–H groups in total. The zero-order valence-corrected chi connectivity index (χ0v) is 25.0. The van der Waals surface area contributed by atoms with Crippen molar-refractivity contribution in [1.29, 1.82) is 0 Å². The van der Waals surface area contributed by atoms with Crippen LogP contribution in [-0.2, 0) is 21.9 Å². The molecule has 1 atom stereocenters. The summed E-state index contributed by atoms with van der Waals surface area (Å²) in [5.41, 5.74) is 4.78. The average Bonchev–Trinajstić information content (AvgIpc) is 3.77. The molecule has 1 aliphatic rings. The molecule has 3 heterocycles. The van der Waals surface area contributed by atoms with Crippen LogP contribution in [-0.4, -0.2) is 27.0 Å². The maximum absolute atomic E-state index is 13.4. The van der Waals surface area contributed by atoms with E-state index in [-0.39, 0.29) is 16.5 Å². The number of furan rings is 1. The number of aromatic nitrogens is 2. The first-order chi connectivity index (χ1) is 20.9. The Morgan fingerprint density at radius 3 is 2.47 bits per heavy atom. The second kappa shape index (κ2) is 12.3. The number of nitrogens with zero attached hydrogens (tertiary/aromatic N) is 3. The molecule has 0 bridgehead atoms. The molecule has 1 fully saturated rings. The Labute approximate surface area is 256 Å². The summed E-state index contributed by atoms with van der Waals surface area (Å²) in [6.45, 7) is 4.45. The predicted octanol–water partition coefficient (Wildman–Crippen LogP) is 7.25. The van der Waals surface area contributed by atoms with Gasteiger partial charge in [-0.25, -0.2) is 0 Å². The van der Waals surface area contributed by atoms with Crippen LogP contribution >= 0.6 is 23.1 Å². The van der Waals surface area contributed by atoms with Gasteiger partial charge in [-0.15, -0.1) is 10.2 Å². The molecule has 2 aromatic heterocycles. The molecular formula is C33H27N3O5S2. The van der Waals surface area contributed by atoms with E-state index in [1.165, 1.54) is 39.8 Å². The monoisotopic (exact) mass is 609 g/mol. The second-order valence-corrected chi connectivity index (χ2v) is 12.3. The molecule has 1 amide bonds. The summed E-state index contributed by atoms with van der Waals surface area (Å²) >= 11 is 2.70. The smallest absolute Gasteiger partial charge is 0.302 e. The first kappa shape index (κ1) is 28.4. The summed E-state index contributed by atoms with van der Waals surface area (Å²) in [5.74, 6) is -0.352. The average molecular weight is 610 g/mol. The SMILES string of the molecule is Cc1ccc(CSc2nnc(N3C(=O)C(=O)C(=C(O)c4ccc(OCc5cccc(C)c5)cc4)C3c3ccco3)s2)cc1. The van der Waals surface area contributed by atoms with Crippen LogP contribution in [0.3, 0.4) is 0 Å². The number of thioether (sulfide) groups is 1. The van der Waals surface area contributed by atoms with E-state index in [2.05, 4.69) is 40.5 Å². The third-order valence-corrected chi connectivity index (χ3v) is 9.08. The molecule has 6 rings (SSSR count). The van der Waals surface area contributed by atoms with Crippen LogP contribution in [0.4, 0.5) is 5.13 Å². The van der Waals surface area contributed by atoms with Crippen molar-refractivity contribution in [2.75, 3.05) is 4.90 Å². The van der Waals surface area contributed by atoms with Gasteiger partial charge >= 0.3 is 5.91 Å². The quantitative estimate of drug-likeness (QED) is 0.0613. The van der Waals surface area contributed by atoms with E-state index in [9.17, 15) is 14.7 Å². The number of hydrogen-bond acceptors (Lipinski definition) is 9. The van der Waals surface area contributed by atoms with E-state index in [0.29, 0.717) is 33.8 Å². The summed E-state index contributed by atoms with van der Waals surface area (Å²) in [4.78, 5) is 28.0. The fraction of sp³-hybridized carbons (Fsp3) is 0.152. The molecule has 1 saturated heterocycles. The number of aliphatic hydroxyl groups is 1. The third kappa shape index (κ3) is 6.11. The van der Waals surface area contributed by atoms with Gasteiger partial charge in [-0.2, -0.15) is 0 Å². The summed E-state index contributed by atoms with van der Waals surface area (Å²) < 4.78 is 12.2. The molecule has 1 aliphatic heterocycles. The lowest BCUT2D eigenvalue weighted by molar-refractivity contribution is -0.132. The number of aryl methyl sites for hydroxylation is 2. The summed E-state index contributed by atoms with van der Waals surface area (Å²) in [5, 5.41) is 20.1. The van der Waals surface area contributed by atoms with Crippen LogP contribution < -0.4 is 9.64 Å². The van der Waals surface area contributed by atoms with Crippen LogP contribution in [0.1, 0.15) is 39.6 Å². The highest BCUT2D eigenvalue weighted by molar-refractivity contribution is 8.00. The molecule has 216 valence electrons. The summed E-state index contributed by atoms with van der Waals surface area (Å²) in [6.07, 6.45) is 1.46. The number of aliphatic hydroxyl groups excluding tert-OH is 1. The number of amides is 1. The lowest BCUT2D eigenvalue weighted by Gasteiger charge is -2.20. The zero-order valence-electron chi connectivity index (χ0n) is 23.4.